The third-order valence-electron chi connectivity index (χ3n) is 7.42. The van der Waals surface area contributed by atoms with Gasteiger partial charge in [-0.05, 0) is 71.7 Å². The third kappa shape index (κ3) is 9.18. The summed E-state index contributed by atoms with van der Waals surface area (Å²) >= 11 is 13.6. The molecule has 0 aliphatic rings. The highest BCUT2D eigenvalue weighted by atomic mass is 35.5. The number of hydrogen-bond donors (Lipinski definition) is 2. The van der Waals surface area contributed by atoms with Crippen molar-refractivity contribution in [3.8, 4) is 11.8 Å². The van der Waals surface area contributed by atoms with Crippen molar-refractivity contribution >= 4 is 51.9 Å². The molecule has 0 spiro atoms. The molecule has 3 aromatic rings. The number of benzene rings is 2. The highest BCUT2D eigenvalue weighted by Gasteiger charge is 2.35. The van der Waals surface area contributed by atoms with Crippen molar-refractivity contribution in [3.63, 3.8) is 0 Å². The van der Waals surface area contributed by atoms with Crippen LogP contribution in [0.15, 0.2) is 40.7 Å². The summed E-state index contributed by atoms with van der Waals surface area (Å²) in [6.45, 7) is 17.6. The van der Waals surface area contributed by atoms with E-state index in [0.717, 1.165) is 44.5 Å². The third-order valence-corrected chi connectivity index (χ3v) is 7.99. The first-order valence-electron chi connectivity index (χ1n) is 15.8. The van der Waals surface area contributed by atoms with Crippen molar-refractivity contribution in [1.29, 1.82) is 5.26 Å². The number of carbonyl (C=O) groups is 1. The Hall–Kier alpha value is -3.72. The lowest BCUT2D eigenvalue weighted by molar-refractivity contribution is -0.763. The molecule has 248 valence electrons. The summed E-state index contributed by atoms with van der Waals surface area (Å²) in [5.74, 6) is -0.248. The Balaban J connectivity index is 2.08. The van der Waals surface area contributed by atoms with E-state index in [9.17, 15) is 10.1 Å². The van der Waals surface area contributed by atoms with Crippen LogP contribution in [0.4, 0.5) is 22.7 Å². The molecule has 13 heteroatoms. The van der Waals surface area contributed by atoms with Crippen LogP contribution in [0.1, 0.15) is 92.5 Å². The van der Waals surface area contributed by atoms with Crippen molar-refractivity contribution in [2.45, 2.75) is 92.6 Å². The summed E-state index contributed by atoms with van der Waals surface area (Å²) in [4.78, 5) is 16.9. The van der Waals surface area contributed by atoms with E-state index in [2.05, 4.69) is 59.6 Å². The number of halogens is 2. The normalized spacial score (nSPS) is 12.3. The van der Waals surface area contributed by atoms with Gasteiger partial charge in [0.05, 0.1) is 27.1 Å². The zero-order valence-corrected chi connectivity index (χ0v) is 29.6. The fourth-order valence-electron chi connectivity index (χ4n) is 4.92. The van der Waals surface area contributed by atoms with Gasteiger partial charge in [-0.25, -0.2) is 0 Å². The fourth-order valence-corrected chi connectivity index (χ4v) is 5.56. The largest absolute Gasteiger partial charge is 0.372 e. The van der Waals surface area contributed by atoms with E-state index >= 15 is 0 Å². The maximum atomic E-state index is 12.1. The number of nitrogens with one attached hydrogen (secondary N) is 2. The molecule has 11 nitrogen and oxygen atoms in total. The van der Waals surface area contributed by atoms with Gasteiger partial charge in [-0.2, -0.15) is 5.26 Å². The van der Waals surface area contributed by atoms with Crippen molar-refractivity contribution in [2.24, 2.45) is 10.3 Å². The summed E-state index contributed by atoms with van der Waals surface area (Å²) in [5, 5.41) is 30.6. The molecule has 1 amide bonds. The van der Waals surface area contributed by atoms with E-state index < -0.39 is 5.41 Å². The Morgan fingerprint density at radius 2 is 1.83 bits per heavy atom. The molecule has 0 bridgehead atoms. The lowest BCUT2D eigenvalue weighted by Crippen LogP contribution is -2.40. The first-order valence-corrected chi connectivity index (χ1v) is 16.5. The Bertz CT molecular complexity index is 1550. The number of nitriles is 1. The molecule has 0 aliphatic heterocycles. The minimum Gasteiger partial charge on any atom is -0.372 e. The number of amides is 1. The van der Waals surface area contributed by atoms with Crippen LogP contribution in [0, 0.1) is 11.3 Å². The van der Waals surface area contributed by atoms with Gasteiger partial charge in [0.25, 0.3) is 5.69 Å². The quantitative estimate of drug-likeness (QED) is 0.0951. The molecule has 1 heterocycles. The molecular formula is C33H46Cl2N9O2+. The second-order valence-electron chi connectivity index (χ2n) is 11.9. The highest BCUT2D eigenvalue weighted by molar-refractivity contribution is 6.38. The van der Waals surface area contributed by atoms with Gasteiger partial charge >= 0.3 is 0 Å². The van der Waals surface area contributed by atoms with E-state index in [4.69, 9.17) is 33.0 Å². The minimum absolute atomic E-state index is 0.164. The molecule has 0 saturated carbocycles. The first-order chi connectivity index (χ1) is 21.9. The number of ether oxygens (including phenoxy) is 1. The van der Waals surface area contributed by atoms with Gasteiger partial charge < -0.3 is 20.3 Å². The van der Waals surface area contributed by atoms with Crippen LogP contribution in [0.2, 0.25) is 10.0 Å². The van der Waals surface area contributed by atoms with Crippen molar-refractivity contribution in [3.05, 3.63) is 51.8 Å². The van der Waals surface area contributed by atoms with Gasteiger partial charge in [-0.1, -0.05) is 70.7 Å². The van der Waals surface area contributed by atoms with Crippen LogP contribution in [0.25, 0.3) is 5.69 Å². The topological polar surface area (TPSA) is 124 Å². The zero-order chi connectivity index (χ0) is 34.0. The van der Waals surface area contributed by atoms with Crippen molar-refractivity contribution in [1.82, 2.24) is 9.90 Å². The van der Waals surface area contributed by atoms with Crippen LogP contribution in [-0.2, 0) is 14.9 Å². The Kier molecular flexibility index (Phi) is 13.4. The number of anilines is 3. The predicted molar refractivity (Wildman–Crippen MR) is 185 cm³/mol. The standard InChI is InChI=1S/C33H45Cl2N9O2/c1-9-13-14-25(10-2)46-21-37-23-17-26(34)31(27(35)18-23)44-40-32(33(6,7)8)30(20-36)43(44)41-39-28-16-15-24(42(11-3)12-4)19-29(28)38-22(5)45/h15-19,25H,9-14,21H2,1-8H3,(H-,37,38,40,41,45)/p+1. The van der Waals surface area contributed by atoms with Crippen LogP contribution in [0.3, 0.4) is 0 Å². The second kappa shape index (κ2) is 16.7. The first kappa shape index (κ1) is 36.7. The lowest BCUT2D eigenvalue weighted by atomic mass is 9.91. The summed E-state index contributed by atoms with van der Waals surface area (Å²) < 4.78 is 6.01. The van der Waals surface area contributed by atoms with Gasteiger partial charge in [0, 0.05) is 41.9 Å². The van der Waals surface area contributed by atoms with E-state index in [0.29, 0.717) is 35.2 Å². The predicted octanol–water partition coefficient (Wildman–Crippen LogP) is 8.34. The molecule has 0 radical (unpaired) electrons. The Morgan fingerprint density at radius 1 is 1.15 bits per heavy atom. The minimum atomic E-state index is -0.522. The second-order valence-corrected chi connectivity index (χ2v) is 12.7. The number of unbranched alkanes of at least 4 members (excludes halogenated alkanes) is 1. The number of hydrogen-bond acceptors (Lipinski definition) is 8. The van der Waals surface area contributed by atoms with Crippen LogP contribution >= 0.6 is 23.2 Å². The smallest absolute Gasteiger partial charge is 0.268 e. The summed E-state index contributed by atoms with van der Waals surface area (Å²) in [6, 6.07) is 11.2. The zero-order valence-electron chi connectivity index (χ0n) is 28.1. The van der Waals surface area contributed by atoms with Gasteiger partial charge in [0.15, 0.2) is 17.1 Å². The van der Waals surface area contributed by atoms with Crippen LogP contribution in [0.5, 0.6) is 0 Å². The molecular weight excluding hydrogens is 625 g/mol. The van der Waals surface area contributed by atoms with E-state index in [1.165, 1.54) is 16.5 Å². The molecule has 1 aromatic heterocycles. The van der Waals surface area contributed by atoms with Gasteiger partial charge in [0.2, 0.25) is 5.91 Å². The van der Waals surface area contributed by atoms with Gasteiger partial charge in [-0.15, -0.1) is 0 Å². The maximum Gasteiger partial charge on any atom is 0.268 e. The van der Waals surface area contributed by atoms with Gasteiger partial charge in [-0.3, -0.25) is 4.79 Å². The molecule has 0 aliphatic carbocycles. The molecule has 2 N–H and O–H groups in total. The van der Waals surface area contributed by atoms with Crippen LogP contribution in [-0.4, -0.2) is 41.7 Å². The average molecular weight is 672 g/mol. The Labute approximate surface area is 282 Å². The molecule has 1 atom stereocenters. The SMILES string of the molecule is CCCCC(CC)OCNc1cc(Cl)c(-n2nc(C(C)(C)C)c(C#N)[n+]2N=Nc2ccc(N(CC)CC)cc2NC(C)=O)c(Cl)c1. The molecule has 46 heavy (non-hydrogen) atoms. The maximum absolute atomic E-state index is 12.1. The number of nitrogens with zero attached hydrogens (tertiary/aromatic N) is 7. The molecule has 3 rings (SSSR count). The highest BCUT2D eigenvalue weighted by Crippen LogP contribution is 2.34. The summed E-state index contributed by atoms with van der Waals surface area (Å²) in [7, 11) is 0. The van der Waals surface area contributed by atoms with Crippen LogP contribution < -0.4 is 20.3 Å². The van der Waals surface area contributed by atoms with Crippen molar-refractivity contribution < 1.29 is 14.3 Å². The van der Waals surface area contributed by atoms with Crippen molar-refractivity contribution in [2.75, 3.05) is 35.4 Å². The number of aromatic nitrogens is 3. The summed E-state index contributed by atoms with van der Waals surface area (Å²) in [5.41, 5.74) is 2.94. The van der Waals surface area contributed by atoms with Gasteiger partial charge in [0.1, 0.15) is 12.8 Å². The Morgan fingerprint density at radius 3 is 2.37 bits per heavy atom. The fraction of sp³-hybridized carbons (Fsp3) is 0.515. The lowest BCUT2D eigenvalue weighted by Gasteiger charge is -2.21. The van der Waals surface area contributed by atoms with E-state index in [-0.39, 0.29) is 27.8 Å². The van der Waals surface area contributed by atoms with E-state index in [1.54, 1.807) is 18.2 Å². The molecule has 2 aromatic carbocycles. The molecule has 0 fully saturated rings. The number of rotatable bonds is 15. The average Bonchev–Trinajstić information content (AvgIpc) is 3.37. The summed E-state index contributed by atoms with van der Waals surface area (Å²) in [6.07, 6.45) is 4.35. The monoisotopic (exact) mass is 670 g/mol. The molecule has 0 saturated heterocycles. The number of carbonyl (C=O) groups excluding carboxylic acids is 1. The molecule has 1 unspecified atom stereocenters. The van der Waals surface area contributed by atoms with E-state index in [1.807, 2.05) is 32.9 Å².